The van der Waals surface area contributed by atoms with E-state index in [1.165, 1.54) is 11.1 Å². The number of aryl methyl sites for hydroxylation is 2. The minimum Gasteiger partial charge on any atom is -0.476 e. The molecule has 0 saturated carbocycles. The van der Waals surface area contributed by atoms with Gasteiger partial charge in [0.15, 0.2) is 0 Å². The standard InChI is InChI=1S/C26H39N5O2.C2H6/c1-5-9-31(10-6-2)25-18-24(20-27-29-23-8-7-21(3)22(4)17-23)28-26(19-25)33-16-13-30-11-14-32-15-12-30;1-2/h7-8,17-20,29H,5-6,9-16H2,1-4H3;1-2H3/b27-20+;. The minimum absolute atomic E-state index is 0.607. The zero-order chi connectivity index (χ0) is 25.5. The van der Waals surface area contributed by atoms with Crippen LogP contribution >= 0.6 is 0 Å². The van der Waals surface area contributed by atoms with Crippen molar-refractivity contribution in [3.8, 4) is 5.88 Å². The topological polar surface area (TPSA) is 62.2 Å². The lowest BCUT2D eigenvalue weighted by atomic mass is 10.1. The van der Waals surface area contributed by atoms with Crippen LogP contribution in [0.3, 0.4) is 0 Å². The Morgan fingerprint density at radius 2 is 1.77 bits per heavy atom. The number of anilines is 2. The molecule has 7 heteroatoms. The van der Waals surface area contributed by atoms with Crippen LogP contribution in [0.4, 0.5) is 11.4 Å². The van der Waals surface area contributed by atoms with Crippen LogP contribution in [0, 0.1) is 13.8 Å². The lowest BCUT2D eigenvalue weighted by Gasteiger charge is -2.26. The molecule has 3 rings (SSSR count). The van der Waals surface area contributed by atoms with Crippen molar-refractivity contribution in [1.82, 2.24) is 9.88 Å². The molecule has 7 nitrogen and oxygen atoms in total. The maximum absolute atomic E-state index is 6.09. The fraction of sp³-hybridized carbons (Fsp3) is 0.571. The van der Waals surface area contributed by atoms with Gasteiger partial charge in [-0.15, -0.1) is 0 Å². The number of hydrazone groups is 1. The molecule has 0 radical (unpaired) electrons. The Balaban J connectivity index is 0.00000210. The number of nitrogens with zero attached hydrogens (tertiary/aromatic N) is 4. The molecule has 1 aromatic carbocycles. The zero-order valence-electron chi connectivity index (χ0n) is 22.6. The maximum atomic E-state index is 6.09. The number of rotatable bonds is 12. The van der Waals surface area contributed by atoms with E-state index in [1.807, 2.05) is 19.9 Å². The summed E-state index contributed by atoms with van der Waals surface area (Å²) >= 11 is 0. The van der Waals surface area contributed by atoms with Crippen LogP contribution in [0.25, 0.3) is 0 Å². The van der Waals surface area contributed by atoms with Crippen molar-refractivity contribution in [1.29, 1.82) is 0 Å². The molecule has 1 saturated heterocycles. The third-order valence-corrected chi connectivity index (χ3v) is 5.82. The maximum Gasteiger partial charge on any atom is 0.215 e. The van der Waals surface area contributed by atoms with E-state index >= 15 is 0 Å². The highest BCUT2D eigenvalue weighted by Crippen LogP contribution is 2.22. The van der Waals surface area contributed by atoms with Gasteiger partial charge in [0.2, 0.25) is 5.88 Å². The van der Waals surface area contributed by atoms with E-state index in [1.54, 1.807) is 6.21 Å². The first kappa shape index (κ1) is 28.6. The first-order valence-corrected chi connectivity index (χ1v) is 13.1. The van der Waals surface area contributed by atoms with Crippen molar-refractivity contribution in [3.63, 3.8) is 0 Å². The molecule has 0 aliphatic carbocycles. The highest BCUT2D eigenvalue weighted by Gasteiger charge is 2.12. The summed E-state index contributed by atoms with van der Waals surface area (Å²) in [5.41, 5.74) is 8.50. The van der Waals surface area contributed by atoms with Crippen LogP contribution in [0.5, 0.6) is 5.88 Å². The van der Waals surface area contributed by atoms with Gasteiger partial charge in [-0.25, -0.2) is 4.98 Å². The van der Waals surface area contributed by atoms with E-state index in [0.717, 1.165) is 75.8 Å². The van der Waals surface area contributed by atoms with Crippen molar-refractivity contribution in [2.24, 2.45) is 5.10 Å². The predicted octanol–water partition coefficient (Wildman–Crippen LogP) is 5.51. The number of pyridine rings is 1. The molecule has 2 aromatic rings. The molecule has 0 spiro atoms. The van der Waals surface area contributed by atoms with E-state index in [0.29, 0.717) is 12.5 Å². The van der Waals surface area contributed by atoms with E-state index in [9.17, 15) is 0 Å². The monoisotopic (exact) mass is 483 g/mol. The van der Waals surface area contributed by atoms with E-state index in [2.05, 4.69) is 72.3 Å². The van der Waals surface area contributed by atoms with Gasteiger partial charge in [0.25, 0.3) is 0 Å². The minimum atomic E-state index is 0.607. The number of morpholine rings is 1. The molecule has 1 aromatic heterocycles. The van der Waals surface area contributed by atoms with Crippen LogP contribution in [0.2, 0.25) is 0 Å². The highest BCUT2D eigenvalue weighted by molar-refractivity contribution is 5.80. The number of hydrogen-bond acceptors (Lipinski definition) is 7. The normalized spacial score (nSPS) is 13.9. The number of ether oxygens (including phenoxy) is 2. The zero-order valence-corrected chi connectivity index (χ0v) is 22.6. The van der Waals surface area contributed by atoms with E-state index in [-0.39, 0.29) is 0 Å². The molecule has 1 aliphatic rings. The Labute approximate surface area is 212 Å². The number of aromatic nitrogens is 1. The van der Waals surface area contributed by atoms with Crippen molar-refractivity contribution >= 4 is 17.6 Å². The van der Waals surface area contributed by atoms with Crippen LogP contribution < -0.4 is 15.1 Å². The summed E-state index contributed by atoms with van der Waals surface area (Å²) in [5.74, 6) is 0.644. The first-order valence-electron chi connectivity index (χ1n) is 13.1. The molecule has 0 bridgehead atoms. The number of benzene rings is 1. The smallest absolute Gasteiger partial charge is 0.215 e. The van der Waals surface area contributed by atoms with Crippen LogP contribution in [0.15, 0.2) is 35.4 Å². The van der Waals surface area contributed by atoms with Crippen molar-refractivity contribution in [3.05, 3.63) is 47.2 Å². The summed E-state index contributed by atoms with van der Waals surface area (Å²) in [5, 5.41) is 4.44. The molecule has 1 N–H and O–H groups in total. The summed E-state index contributed by atoms with van der Waals surface area (Å²) in [7, 11) is 0. The van der Waals surface area contributed by atoms with Gasteiger partial charge in [0.05, 0.1) is 30.8 Å². The molecule has 0 amide bonds. The summed E-state index contributed by atoms with van der Waals surface area (Å²) < 4.78 is 11.5. The summed E-state index contributed by atoms with van der Waals surface area (Å²) in [6.07, 6.45) is 3.95. The lowest BCUT2D eigenvalue weighted by molar-refractivity contribution is 0.0320. The second-order valence-electron chi connectivity index (χ2n) is 8.55. The SMILES string of the molecule is CC.CCCN(CCC)c1cc(/C=N/Nc2ccc(C)c(C)c2)nc(OCCN2CCOCC2)c1. The molecule has 2 heterocycles. The molecule has 1 fully saturated rings. The largest absolute Gasteiger partial charge is 0.476 e. The molecular formula is C28H45N5O2. The average molecular weight is 484 g/mol. The number of nitrogens with one attached hydrogen (secondary N) is 1. The van der Waals surface area contributed by atoms with Crippen LogP contribution in [-0.2, 0) is 4.74 Å². The first-order chi connectivity index (χ1) is 17.1. The molecule has 35 heavy (non-hydrogen) atoms. The number of hydrogen-bond donors (Lipinski definition) is 1. The lowest BCUT2D eigenvalue weighted by Crippen LogP contribution is -2.38. The van der Waals surface area contributed by atoms with Crippen molar-refractivity contribution in [2.45, 2.75) is 54.4 Å². The second kappa shape index (κ2) is 16.1. The summed E-state index contributed by atoms with van der Waals surface area (Å²) in [4.78, 5) is 9.46. The van der Waals surface area contributed by atoms with Gasteiger partial charge in [-0.1, -0.05) is 33.8 Å². The molecule has 0 atom stereocenters. The van der Waals surface area contributed by atoms with Gasteiger partial charge < -0.3 is 14.4 Å². The fourth-order valence-electron chi connectivity index (χ4n) is 3.83. The Kier molecular flexibility index (Phi) is 13.2. The molecule has 0 unspecified atom stereocenters. The fourth-order valence-corrected chi connectivity index (χ4v) is 3.83. The Hall–Kier alpha value is -2.64. The predicted molar refractivity (Wildman–Crippen MR) is 148 cm³/mol. The van der Waals surface area contributed by atoms with Gasteiger partial charge in [-0.3, -0.25) is 10.3 Å². The van der Waals surface area contributed by atoms with Gasteiger partial charge in [0, 0.05) is 44.5 Å². The van der Waals surface area contributed by atoms with E-state index in [4.69, 9.17) is 14.5 Å². The summed E-state index contributed by atoms with van der Waals surface area (Å²) in [6.45, 7) is 19.6. The molecule has 194 valence electrons. The van der Waals surface area contributed by atoms with E-state index < -0.39 is 0 Å². The van der Waals surface area contributed by atoms with Gasteiger partial charge in [0.1, 0.15) is 6.61 Å². The Morgan fingerprint density at radius 3 is 2.43 bits per heavy atom. The quantitative estimate of drug-likeness (QED) is 0.317. The molecule has 1 aliphatic heterocycles. The van der Waals surface area contributed by atoms with Gasteiger partial charge in [-0.2, -0.15) is 5.10 Å². The average Bonchev–Trinajstić information content (AvgIpc) is 2.88. The van der Waals surface area contributed by atoms with Gasteiger partial charge in [-0.05, 0) is 56.0 Å². The Bertz CT molecular complexity index is 891. The van der Waals surface area contributed by atoms with Crippen LogP contribution in [-0.4, -0.2) is 68.6 Å². The summed E-state index contributed by atoms with van der Waals surface area (Å²) in [6, 6.07) is 10.4. The second-order valence-corrected chi connectivity index (χ2v) is 8.55. The van der Waals surface area contributed by atoms with Gasteiger partial charge >= 0.3 is 0 Å². The highest BCUT2D eigenvalue weighted by atomic mass is 16.5. The van der Waals surface area contributed by atoms with Crippen molar-refractivity contribution in [2.75, 3.05) is 62.9 Å². The van der Waals surface area contributed by atoms with Crippen molar-refractivity contribution < 1.29 is 9.47 Å². The Morgan fingerprint density at radius 1 is 1.06 bits per heavy atom. The van der Waals surface area contributed by atoms with Crippen LogP contribution in [0.1, 0.15) is 57.4 Å². The third-order valence-electron chi connectivity index (χ3n) is 5.82. The molecular weight excluding hydrogens is 438 g/mol. The third kappa shape index (κ3) is 9.86.